The summed E-state index contributed by atoms with van der Waals surface area (Å²) in [6.07, 6.45) is 21.5. The molecule has 0 saturated carbocycles. The van der Waals surface area contributed by atoms with Crippen LogP contribution in [0.4, 0.5) is 0 Å². The fourth-order valence-electron chi connectivity index (χ4n) is 4.58. The van der Waals surface area contributed by atoms with Gasteiger partial charge in [0.05, 0.1) is 6.61 Å². The van der Waals surface area contributed by atoms with E-state index >= 15 is 0 Å². The van der Waals surface area contributed by atoms with E-state index in [9.17, 15) is 13.0 Å². The van der Waals surface area contributed by atoms with Gasteiger partial charge in [0, 0.05) is 24.1 Å². The maximum absolute atomic E-state index is 10.1. The Hall–Kier alpha value is -1.76. The Labute approximate surface area is 213 Å². The first-order valence-corrected chi connectivity index (χ1v) is 14.9. The number of aromatic nitrogens is 1. The monoisotopic (exact) mass is 503 g/mol. The maximum atomic E-state index is 10.1. The molecule has 5 nitrogen and oxygen atoms in total. The van der Waals surface area contributed by atoms with Crippen LogP contribution in [-0.2, 0) is 27.4 Å². The summed E-state index contributed by atoms with van der Waals surface area (Å²) >= 11 is 0. The number of hydrogen-bond acceptors (Lipinski definition) is 4. The number of aryl methyl sites for hydroxylation is 2. The molecule has 0 fully saturated rings. The van der Waals surface area contributed by atoms with Gasteiger partial charge < -0.3 is 4.55 Å². The summed E-state index contributed by atoms with van der Waals surface area (Å²) in [5.41, 5.74) is 4.47. The first kappa shape index (κ1) is 29.5. The highest BCUT2D eigenvalue weighted by Crippen LogP contribution is 2.20. The number of rotatable bonds is 14. The molecule has 0 spiro atoms. The predicted molar refractivity (Wildman–Crippen MR) is 141 cm³/mol. The molecule has 35 heavy (non-hydrogen) atoms. The number of fused-ring (bicyclic) bond motifs is 1. The van der Waals surface area contributed by atoms with Crippen LogP contribution in [0, 0.1) is 0 Å². The van der Waals surface area contributed by atoms with Crippen molar-refractivity contribution < 1.29 is 21.7 Å². The molecule has 196 valence electrons. The van der Waals surface area contributed by atoms with Crippen molar-refractivity contribution in [3.05, 3.63) is 65.5 Å². The SMILES string of the molecule is CCCCCCCCCCCCOS(=O)(=O)[O-].C[C@H](c1ccccc1)[n+]1ccc2c(c1)CCCC2. The van der Waals surface area contributed by atoms with Crippen LogP contribution in [-0.4, -0.2) is 19.6 Å². The standard InChI is InChI=1S/C17H20N.C12H26O4S/c1-14(15-7-3-2-4-8-15)18-12-11-16-9-5-6-10-17(16)13-18;1-2-3-4-5-6-7-8-9-10-11-12-16-17(13,14)15/h2-4,7-8,11-14H,5-6,9-10H2,1H3;2-12H2,1H3,(H,13,14,15)/q+1;/p-1/t14-;/m1./s1. The lowest BCUT2D eigenvalue weighted by molar-refractivity contribution is -0.710. The lowest BCUT2D eigenvalue weighted by Crippen LogP contribution is -2.38. The molecular formula is C29H45NO4S. The van der Waals surface area contributed by atoms with E-state index in [0.717, 1.165) is 12.8 Å². The highest BCUT2D eigenvalue weighted by molar-refractivity contribution is 7.80. The third kappa shape index (κ3) is 12.7. The second-order valence-corrected chi connectivity index (χ2v) is 10.7. The first-order valence-electron chi connectivity index (χ1n) is 13.6. The van der Waals surface area contributed by atoms with Crippen LogP contribution in [0.1, 0.15) is 114 Å². The number of benzene rings is 1. The predicted octanol–water partition coefficient (Wildman–Crippen LogP) is 6.85. The van der Waals surface area contributed by atoms with Gasteiger partial charge in [0.15, 0.2) is 18.4 Å². The third-order valence-corrected chi connectivity index (χ3v) is 7.22. The average Bonchev–Trinajstić information content (AvgIpc) is 2.87. The minimum Gasteiger partial charge on any atom is -0.726 e. The van der Waals surface area contributed by atoms with Crippen molar-refractivity contribution in [3.8, 4) is 0 Å². The molecule has 0 unspecified atom stereocenters. The molecule has 1 aliphatic carbocycles. The van der Waals surface area contributed by atoms with Crippen molar-refractivity contribution in [1.82, 2.24) is 0 Å². The van der Waals surface area contributed by atoms with E-state index in [0.29, 0.717) is 12.5 Å². The van der Waals surface area contributed by atoms with Crippen molar-refractivity contribution in [2.24, 2.45) is 0 Å². The molecule has 0 radical (unpaired) electrons. The van der Waals surface area contributed by atoms with Crippen LogP contribution < -0.4 is 4.57 Å². The molecular weight excluding hydrogens is 458 g/mol. The summed E-state index contributed by atoms with van der Waals surface area (Å²) in [6.45, 7) is 4.51. The zero-order valence-electron chi connectivity index (χ0n) is 21.8. The Morgan fingerprint density at radius 1 is 0.857 bits per heavy atom. The molecule has 2 aromatic rings. The number of pyridine rings is 1. The van der Waals surface area contributed by atoms with Gasteiger partial charge in [-0.05, 0) is 37.7 Å². The van der Waals surface area contributed by atoms with E-state index in [4.69, 9.17) is 0 Å². The van der Waals surface area contributed by atoms with Gasteiger partial charge in [-0.15, -0.1) is 0 Å². The van der Waals surface area contributed by atoms with Gasteiger partial charge in [-0.3, -0.25) is 4.18 Å². The van der Waals surface area contributed by atoms with Gasteiger partial charge in [-0.2, -0.15) is 4.57 Å². The molecule has 1 aromatic heterocycles. The van der Waals surface area contributed by atoms with Crippen LogP contribution in [0.15, 0.2) is 48.8 Å². The van der Waals surface area contributed by atoms with Crippen molar-refractivity contribution in [1.29, 1.82) is 0 Å². The van der Waals surface area contributed by atoms with Gasteiger partial charge >= 0.3 is 0 Å². The van der Waals surface area contributed by atoms with Crippen molar-refractivity contribution >= 4 is 10.4 Å². The second-order valence-electron chi connectivity index (χ2n) is 9.65. The Morgan fingerprint density at radius 3 is 2.03 bits per heavy atom. The Balaban J connectivity index is 0.000000248. The number of nitrogens with zero attached hydrogens (tertiary/aromatic N) is 1. The molecule has 1 atom stereocenters. The van der Waals surface area contributed by atoms with Gasteiger partial charge in [0.25, 0.3) is 0 Å². The number of hydrogen-bond donors (Lipinski definition) is 0. The molecule has 0 aliphatic heterocycles. The summed E-state index contributed by atoms with van der Waals surface area (Å²) < 4.78 is 36.8. The second kappa shape index (κ2) is 16.8. The largest absolute Gasteiger partial charge is 0.726 e. The lowest BCUT2D eigenvalue weighted by Gasteiger charge is -2.15. The molecule has 0 bridgehead atoms. The summed E-state index contributed by atoms with van der Waals surface area (Å²) in [5, 5.41) is 0. The fraction of sp³-hybridized carbons (Fsp3) is 0.621. The topological polar surface area (TPSA) is 70.3 Å². The minimum atomic E-state index is -4.48. The van der Waals surface area contributed by atoms with E-state index in [-0.39, 0.29) is 6.61 Å². The Morgan fingerprint density at radius 2 is 1.43 bits per heavy atom. The van der Waals surface area contributed by atoms with Crippen LogP contribution in [0.3, 0.4) is 0 Å². The van der Waals surface area contributed by atoms with E-state index < -0.39 is 10.4 Å². The van der Waals surface area contributed by atoms with Crippen molar-refractivity contribution in [3.63, 3.8) is 0 Å². The van der Waals surface area contributed by atoms with Crippen molar-refractivity contribution in [2.75, 3.05) is 6.61 Å². The quantitative estimate of drug-likeness (QED) is 0.122. The van der Waals surface area contributed by atoms with Crippen LogP contribution in [0.25, 0.3) is 0 Å². The van der Waals surface area contributed by atoms with Crippen LogP contribution in [0.2, 0.25) is 0 Å². The fourth-order valence-corrected chi connectivity index (χ4v) is 4.91. The first-order chi connectivity index (χ1) is 16.9. The highest BCUT2D eigenvalue weighted by Gasteiger charge is 2.18. The Bertz CT molecular complexity index is 931. The van der Waals surface area contributed by atoms with Gasteiger partial charge in [-0.25, -0.2) is 8.42 Å². The number of unbranched alkanes of at least 4 members (excludes halogenated alkanes) is 9. The summed E-state index contributed by atoms with van der Waals surface area (Å²) in [7, 11) is -4.48. The molecule has 1 aromatic carbocycles. The molecule has 3 rings (SSSR count). The van der Waals surface area contributed by atoms with Crippen LogP contribution in [0.5, 0.6) is 0 Å². The van der Waals surface area contributed by atoms with E-state index in [1.807, 2.05) is 0 Å². The van der Waals surface area contributed by atoms with Crippen LogP contribution >= 0.6 is 0 Å². The molecule has 1 aliphatic rings. The molecule has 1 heterocycles. The molecule has 0 saturated heterocycles. The smallest absolute Gasteiger partial charge is 0.217 e. The van der Waals surface area contributed by atoms with Gasteiger partial charge in [0.1, 0.15) is 0 Å². The lowest BCUT2D eigenvalue weighted by atomic mass is 9.93. The van der Waals surface area contributed by atoms with E-state index in [2.05, 4.69) is 71.4 Å². The summed E-state index contributed by atoms with van der Waals surface area (Å²) in [4.78, 5) is 0. The van der Waals surface area contributed by atoms with Gasteiger partial charge in [-0.1, -0.05) is 95.0 Å². The van der Waals surface area contributed by atoms with E-state index in [1.165, 1.54) is 76.2 Å². The average molecular weight is 504 g/mol. The van der Waals surface area contributed by atoms with Crippen molar-refractivity contribution in [2.45, 2.75) is 110 Å². The summed E-state index contributed by atoms with van der Waals surface area (Å²) in [5.74, 6) is 0. The zero-order valence-corrected chi connectivity index (χ0v) is 22.6. The van der Waals surface area contributed by atoms with Gasteiger partial charge in [0.2, 0.25) is 10.4 Å². The third-order valence-electron chi connectivity index (χ3n) is 6.76. The van der Waals surface area contributed by atoms with E-state index in [1.54, 1.807) is 11.1 Å². The normalized spacial score (nSPS) is 14.0. The Kier molecular flexibility index (Phi) is 14.2. The highest BCUT2D eigenvalue weighted by atomic mass is 32.3. The molecule has 0 amide bonds. The summed E-state index contributed by atoms with van der Waals surface area (Å²) in [6, 6.07) is 13.4. The maximum Gasteiger partial charge on any atom is 0.217 e. The zero-order chi connectivity index (χ0) is 25.4. The molecule has 6 heteroatoms. The minimum absolute atomic E-state index is 0.0301. The molecule has 0 N–H and O–H groups in total.